The molecule has 1 aromatic heterocycles. The summed E-state index contributed by atoms with van der Waals surface area (Å²) in [5.74, 6) is 0. The zero-order valence-corrected chi connectivity index (χ0v) is 14.3. The molecule has 1 aliphatic rings. The number of hydrogen-bond acceptors (Lipinski definition) is 4. The van der Waals surface area contributed by atoms with Crippen LogP contribution in [0.15, 0.2) is 53.0 Å². The van der Waals surface area contributed by atoms with Gasteiger partial charge in [-0.3, -0.25) is 0 Å². The summed E-state index contributed by atoms with van der Waals surface area (Å²) in [6, 6.07) is 16.6. The van der Waals surface area contributed by atoms with Crippen LogP contribution in [0.4, 0.5) is 5.13 Å². The molecule has 0 radical (unpaired) electrons. The van der Waals surface area contributed by atoms with E-state index in [0.29, 0.717) is 0 Å². The van der Waals surface area contributed by atoms with Crippen molar-refractivity contribution >= 4 is 42.6 Å². The number of aromatic nitrogens is 1. The molecular formula is C17H15BrN2OS. The van der Waals surface area contributed by atoms with Crippen molar-refractivity contribution in [3.05, 3.63) is 58.6 Å². The van der Waals surface area contributed by atoms with Gasteiger partial charge >= 0.3 is 0 Å². The lowest BCUT2D eigenvalue weighted by atomic mass is 10.1. The summed E-state index contributed by atoms with van der Waals surface area (Å²) in [6.45, 7) is 2.45. The Labute approximate surface area is 141 Å². The summed E-state index contributed by atoms with van der Waals surface area (Å²) in [5.41, 5.74) is 2.28. The van der Waals surface area contributed by atoms with Crippen molar-refractivity contribution in [2.24, 2.45) is 0 Å². The Morgan fingerprint density at radius 3 is 2.82 bits per heavy atom. The summed E-state index contributed by atoms with van der Waals surface area (Å²) in [7, 11) is 0. The minimum absolute atomic E-state index is 0.0799. The van der Waals surface area contributed by atoms with Crippen molar-refractivity contribution in [1.29, 1.82) is 0 Å². The molecule has 1 unspecified atom stereocenters. The van der Waals surface area contributed by atoms with Gasteiger partial charge in [-0.2, -0.15) is 0 Å². The molecule has 2 heterocycles. The Balaban J connectivity index is 1.62. The average molecular weight is 375 g/mol. The fraction of sp³-hybridized carbons (Fsp3) is 0.235. The second-order valence-corrected chi connectivity index (χ2v) is 7.15. The number of para-hydroxylation sites is 1. The van der Waals surface area contributed by atoms with Gasteiger partial charge in [0.2, 0.25) is 0 Å². The van der Waals surface area contributed by atoms with E-state index in [4.69, 9.17) is 9.72 Å². The molecule has 0 amide bonds. The summed E-state index contributed by atoms with van der Waals surface area (Å²) in [4.78, 5) is 7.10. The fourth-order valence-electron chi connectivity index (χ4n) is 2.74. The van der Waals surface area contributed by atoms with Crippen LogP contribution in [-0.4, -0.2) is 24.7 Å². The number of thiazole rings is 1. The van der Waals surface area contributed by atoms with Crippen LogP contribution in [-0.2, 0) is 4.74 Å². The molecule has 1 saturated heterocycles. The van der Waals surface area contributed by atoms with Crippen molar-refractivity contribution in [2.75, 3.05) is 24.6 Å². The maximum absolute atomic E-state index is 5.98. The molecule has 3 aromatic rings. The van der Waals surface area contributed by atoms with Crippen molar-refractivity contribution in [3.63, 3.8) is 0 Å². The molecule has 0 bridgehead atoms. The number of benzene rings is 2. The van der Waals surface area contributed by atoms with Crippen LogP contribution in [0.5, 0.6) is 0 Å². The number of morpholine rings is 1. The average Bonchev–Trinajstić information content (AvgIpc) is 2.99. The Hall–Kier alpha value is -1.43. The summed E-state index contributed by atoms with van der Waals surface area (Å²) in [5, 5.41) is 1.08. The summed E-state index contributed by atoms with van der Waals surface area (Å²) < 4.78 is 8.32. The van der Waals surface area contributed by atoms with E-state index in [1.807, 2.05) is 12.1 Å². The quantitative estimate of drug-likeness (QED) is 0.653. The molecule has 2 aromatic carbocycles. The maximum Gasteiger partial charge on any atom is 0.186 e. The summed E-state index contributed by atoms with van der Waals surface area (Å²) in [6.07, 6.45) is 0.0799. The molecule has 0 spiro atoms. The van der Waals surface area contributed by atoms with Crippen molar-refractivity contribution < 1.29 is 4.74 Å². The standard InChI is InChI=1S/C17H15BrN2OS/c18-13-6-2-1-5-12(13)15-11-20(9-10-21-15)17-19-14-7-3-4-8-16(14)22-17/h1-8,15H,9-11H2. The lowest BCUT2D eigenvalue weighted by Crippen LogP contribution is -2.38. The lowest BCUT2D eigenvalue weighted by molar-refractivity contribution is 0.0393. The molecule has 5 heteroatoms. The second kappa shape index (κ2) is 5.99. The predicted octanol–water partition coefficient (Wildman–Crippen LogP) is 4.64. The van der Waals surface area contributed by atoms with Gasteiger partial charge in [-0.05, 0) is 23.8 Å². The lowest BCUT2D eigenvalue weighted by Gasteiger charge is -2.33. The number of anilines is 1. The second-order valence-electron chi connectivity index (χ2n) is 5.29. The first-order valence-electron chi connectivity index (χ1n) is 7.28. The normalized spacial score (nSPS) is 18.8. The number of hydrogen-bond donors (Lipinski definition) is 0. The largest absolute Gasteiger partial charge is 0.370 e. The van der Waals surface area contributed by atoms with E-state index in [0.717, 1.165) is 34.8 Å². The molecule has 3 nitrogen and oxygen atoms in total. The topological polar surface area (TPSA) is 25.4 Å². The monoisotopic (exact) mass is 374 g/mol. The van der Waals surface area contributed by atoms with Gasteiger partial charge < -0.3 is 9.64 Å². The molecule has 22 heavy (non-hydrogen) atoms. The van der Waals surface area contributed by atoms with E-state index < -0.39 is 0 Å². The molecule has 1 fully saturated rings. The smallest absolute Gasteiger partial charge is 0.186 e. The molecule has 0 N–H and O–H groups in total. The summed E-state index contributed by atoms with van der Waals surface area (Å²) >= 11 is 5.38. The van der Waals surface area contributed by atoms with Gasteiger partial charge in [0, 0.05) is 11.0 Å². The first-order chi connectivity index (χ1) is 10.8. The molecule has 4 rings (SSSR count). The van der Waals surface area contributed by atoms with E-state index in [1.165, 1.54) is 10.3 Å². The molecule has 0 aliphatic carbocycles. The van der Waals surface area contributed by atoms with Crippen LogP contribution in [0, 0.1) is 0 Å². The highest BCUT2D eigenvalue weighted by Crippen LogP contribution is 2.34. The highest BCUT2D eigenvalue weighted by atomic mass is 79.9. The van der Waals surface area contributed by atoms with Crippen LogP contribution < -0.4 is 4.90 Å². The first-order valence-corrected chi connectivity index (χ1v) is 8.89. The molecule has 1 aliphatic heterocycles. The zero-order valence-electron chi connectivity index (χ0n) is 11.9. The SMILES string of the molecule is Brc1ccccc1C1CN(c2nc3ccccc3s2)CCO1. The number of halogens is 1. The highest BCUT2D eigenvalue weighted by molar-refractivity contribution is 9.10. The number of fused-ring (bicyclic) bond motifs is 1. The zero-order chi connectivity index (χ0) is 14.9. The minimum Gasteiger partial charge on any atom is -0.370 e. The van der Waals surface area contributed by atoms with Gasteiger partial charge in [-0.15, -0.1) is 0 Å². The third kappa shape index (κ3) is 2.64. The van der Waals surface area contributed by atoms with Gasteiger partial charge in [0.05, 0.1) is 23.4 Å². The van der Waals surface area contributed by atoms with Crippen LogP contribution in [0.1, 0.15) is 11.7 Å². The maximum atomic E-state index is 5.98. The van der Waals surface area contributed by atoms with Gasteiger partial charge in [0.25, 0.3) is 0 Å². The first kappa shape index (κ1) is 14.2. The number of ether oxygens (including phenoxy) is 1. The molecule has 0 saturated carbocycles. The molecule has 1 atom stereocenters. The third-order valence-electron chi connectivity index (χ3n) is 3.87. The molecular weight excluding hydrogens is 360 g/mol. The van der Waals surface area contributed by atoms with Crippen molar-refractivity contribution in [3.8, 4) is 0 Å². The van der Waals surface area contributed by atoms with Gasteiger partial charge in [0.1, 0.15) is 6.10 Å². The van der Waals surface area contributed by atoms with Crippen molar-refractivity contribution in [2.45, 2.75) is 6.10 Å². The third-order valence-corrected chi connectivity index (χ3v) is 5.69. The Morgan fingerprint density at radius 1 is 1.14 bits per heavy atom. The Morgan fingerprint density at radius 2 is 1.95 bits per heavy atom. The number of rotatable bonds is 2. The van der Waals surface area contributed by atoms with Crippen LogP contribution in [0.3, 0.4) is 0 Å². The predicted molar refractivity (Wildman–Crippen MR) is 94.7 cm³/mol. The van der Waals surface area contributed by atoms with Crippen LogP contribution in [0.2, 0.25) is 0 Å². The van der Waals surface area contributed by atoms with E-state index in [2.05, 4.69) is 57.2 Å². The van der Waals surface area contributed by atoms with E-state index in [1.54, 1.807) is 11.3 Å². The van der Waals surface area contributed by atoms with E-state index in [-0.39, 0.29) is 6.10 Å². The van der Waals surface area contributed by atoms with Gasteiger partial charge in [-0.1, -0.05) is 57.6 Å². The van der Waals surface area contributed by atoms with E-state index in [9.17, 15) is 0 Å². The van der Waals surface area contributed by atoms with Crippen molar-refractivity contribution in [1.82, 2.24) is 4.98 Å². The molecule has 112 valence electrons. The van der Waals surface area contributed by atoms with E-state index >= 15 is 0 Å². The Kier molecular flexibility index (Phi) is 3.86. The van der Waals surface area contributed by atoms with Crippen LogP contribution in [0.25, 0.3) is 10.2 Å². The highest BCUT2D eigenvalue weighted by Gasteiger charge is 2.25. The van der Waals surface area contributed by atoms with Gasteiger partial charge in [0.15, 0.2) is 5.13 Å². The fourth-order valence-corrected chi connectivity index (χ4v) is 4.28. The van der Waals surface area contributed by atoms with Gasteiger partial charge in [-0.25, -0.2) is 4.98 Å². The van der Waals surface area contributed by atoms with Crippen LogP contribution >= 0.6 is 27.3 Å². The Bertz CT molecular complexity index is 771. The minimum atomic E-state index is 0.0799. The number of nitrogens with zero attached hydrogens (tertiary/aromatic N) is 2.